The highest BCUT2D eigenvalue weighted by Gasteiger charge is 2.61. The minimum absolute atomic E-state index is 0.138. The fraction of sp³-hybridized carbons (Fsp3) is 0.209. The summed E-state index contributed by atoms with van der Waals surface area (Å²) >= 11 is 0. The second kappa shape index (κ2) is 11.4. The maximum absolute atomic E-state index is 14.3. The van der Waals surface area contributed by atoms with Gasteiger partial charge in [-0.15, -0.1) is 0 Å². The van der Waals surface area contributed by atoms with E-state index in [1.165, 1.54) is 0 Å². The lowest BCUT2D eigenvalue weighted by Gasteiger charge is -2.29. The van der Waals surface area contributed by atoms with E-state index in [0.29, 0.717) is 28.5 Å². The number of fused-ring (bicyclic) bond motifs is 7. The van der Waals surface area contributed by atoms with Crippen molar-refractivity contribution in [3.05, 3.63) is 131 Å². The van der Waals surface area contributed by atoms with Gasteiger partial charge >= 0.3 is 0 Å². The Labute approximate surface area is 314 Å². The topological polar surface area (TPSA) is 168 Å². The summed E-state index contributed by atoms with van der Waals surface area (Å²) in [5.41, 5.74) is 6.94. The summed E-state index contributed by atoms with van der Waals surface area (Å²) < 4.78 is 20.5. The Morgan fingerprint density at radius 3 is 2.64 bits per heavy atom. The molecule has 0 aliphatic carbocycles. The number of aliphatic hydroxyl groups is 1. The molecule has 4 aromatic carbocycles. The molecule has 4 aliphatic rings. The number of carbonyl (C=O) groups is 2. The van der Waals surface area contributed by atoms with E-state index in [1.54, 1.807) is 36.5 Å². The molecule has 1 unspecified atom stereocenters. The monoisotopic (exact) mass is 730 g/mol. The number of hydrogen-bond donors (Lipinski definition) is 5. The Kier molecular flexibility index (Phi) is 6.61. The molecular formula is C43H34N6O6. The summed E-state index contributed by atoms with van der Waals surface area (Å²) in [5.74, 6) is 0.870. The highest BCUT2D eigenvalue weighted by Crippen LogP contribution is 2.61. The van der Waals surface area contributed by atoms with Crippen LogP contribution in [0.25, 0.3) is 44.9 Å². The van der Waals surface area contributed by atoms with Crippen molar-refractivity contribution >= 4 is 28.4 Å². The molecule has 7 heterocycles. The Bertz CT molecular complexity index is 2730. The number of nitrogens with zero attached hydrogens (tertiary/aromatic N) is 2. The maximum Gasteiger partial charge on any atom is 0.254 e. The molecule has 0 radical (unpaired) electrons. The number of benzene rings is 4. The third-order valence-corrected chi connectivity index (χ3v) is 11.5. The van der Waals surface area contributed by atoms with Gasteiger partial charge in [0.2, 0.25) is 17.7 Å². The summed E-state index contributed by atoms with van der Waals surface area (Å²) in [6, 6.07) is 25.1. The molecule has 55 heavy (non-hydrogen) atoms. The third-order valence-electron chi connectivity index (χ3n) is 11.5. The molecule has 12 nitrogen and oxygen atoms in total. The first-order valence-corrected chi connectivity index (χ1v) is 18.4. The molecule has 3 aromatic heterocycles. The first-order valence-electron chi connectivity index (χ1n) is 18.4. The Morgan fingerprint density at radius 2 is 1.78 bits per heavy atom. The van der Waals surface area contributed by atoms with E-state index in [-0.39, 0.29) is 24.1 Å². The smallest absolute Gasteiger partial charge is 0.254 e. The number of carbonyl (C=O) groups excluding carboxylic acids is 2. The zero-order valence-corrected chi connectivity index (χ0v) is 29.7. The molecule has 0 saturated heterocycles. The predicted octanol–water partition coefficient (Wildman–Crippen LogP) is 6.52. The van der Waals surface area contributed by atoms with Crippen molar-refractivity contribution in [2.75, 3.05) is 5.32 Å². The Morgan fingerprint density at radius 1 is 0.945 bits per heavy atom. The van der Waals surface area contributed by atoms with E-state index < -0.39 is 41.6 Å². The maximum atomic E-state index is 14.3. The van der Waals surface area contributed by atoms with Crippen LogP contribution in [-0.4, -0.2) is 44.1 Å². The van der Waals surface area contributed by atoms with Crippen LogP contribution in [-0.2, 0) is 21.4 Å². The fourth-order valence-electron chi connectivity index (χ4n) is 8.89. The molecular weight excluding hydrogens is 697 g/mol. The largest absolute Gasteiger partial charge is 0.469 e. The van der Waals surface area contributed by atoms with Gasteiger partial charge in [0.15, 0.2) is 29.5 Å². The van der Waals surface area contributed by atoms with Gasteiger partial charge in [0.25, 0.3) is 5.91 Å². The van der Waals surface area contributed by atoms with E-state index >= 15 is 0 Å². The van der Waals surface area contributed by atoms with Crippen LogP contribution < -0.4 is 20.7 Å². The number of ether oxygens (including phenoxy) is 1. The van der Waals surface area contributed by atoms with Crippen molar-refractivity contribution in [2.45, 2.75) is 50.1 Å². The number of amides is 2. The molecule has 5 atom stereocenters. The number of aromatic nitrogens is 3. The molecule has 11 rings (SSSR count). The lowest BCUT2D eigenvalue weighted by molar-refractivity contribution is -0.134. The number of hydrogen-bond acceptors (Lipinski definition) is 9. The number of rotatable bonds is 4. The van der Waals surface area contributed by atoms with Crippen LogP contribution in [0.2, 0.25) is 0 Å². The highest BCUT2D eigenvalue weighted by molar-refractivity contribution is 6.07. The van der Waals surface area contributed by atoms with E-state index in [2.05, 4.69) is 45.2 Å². The molecule has 4 aliphatic heterocycles. The Balaban J connectivity index is 1.16. The van der Waals surface area contributed by atoms with Crippen molar-refractivity contribution in [3.63, 3.8) is 0 Å². The Hall–Kier alpha value is -6.66. The first kappa shape index (κ1) is 31.8. The van der Waals surface area contributed by atoms with Crippen molar-refractivity contribution in [1.82, 2.24) is 25.6 Å². The minimum Gasteiger partial charge on any atom is -0.469 e. The average Bonchev–Trinajstić information content (AvgIpc) is 4.02. The standard InChI is InChI=1S/C43H34N6O6/c1-20(2)33-41-48-35-37(55-41)43-26-12-6-11-24(23-10-7-13-28-32(23)25(18-44-28)31-19-45-40(35)53-31)34(26)49-42(43)54-30-15-14-21(16-27(30)43)17-29(38(51)47-33)46-39(52)36(50)22-8-4-3-5-9-22/h3-16,18-20,29,33,36,42,44,49-50H,17H2,1-2H3,(H,46,52)(H,47,51)/t29-,33-,36-,42?,43-/m0/s1. The minimum atomic E-state index is -1.47. The summed E-state index contributed by atoms with van der Waals surface area (Å²) in [6.07, 6.45) is 1.65. The van der Waals surface area contributed by atoms with Gasteiger partial charge in [-0.25, -0.2) is 9.97 Å². The highest BCUT2D eigenvalue weighted by atomic mass is 16.5. The van der Waals surface area contributed by atoms with E-state index in [0.717, 1.165) is 50.0 Å². The zero-order valence-electron chi connectivity index (χ0n) is 29.7. The van der Waals surface area contributed by atoms with E-state index in [1.807, 2.05) is 50.4 Å². The van der Waals surface area contributed by atoms with Crippen LogP contribution in [0.4, 0.5) is 5.69 Å². The van der Waals surface area contributed by atoms with Gasteiger partial charge in [-0.3, -0.25) is 9.59 Å². The van der Waals surface area contributed by atoms with Gasteiger partial charge in [-0.1, -0.05) is 86.6 Å². The zero-order chi connectivity index (χ0) is 37.2. The normalized spacial score (nSPS) is 21.8. The van der Waals surface area contributed by atoms with Crippen LogP contribution in [0.5, 0.6) is 5.75 Å². The number of anilines is 1. The number of aliphatic hydroxyl groups excluding tert-OH is 1. The van der Waals surface area contributed by atoms with Crippen LogP contribution >= 0.6 is 0 Å². The lowest BCUT2D eigenvalue weighted by atomic mass is 9.72. The number of oxazole rings is 2. The van der Waals surface area contributed by atoms with Gasteiger partial charge in [0.1, 0.15) is 23.2 Å². The summed E-state index contributed by atoms with van der Waals surface area (Å²) in [7, 11) is 0. The number of para-hydroxylation sites is 1. The quantitative estimate of drug-likeness (QED) is 0.135. The molecule has 0 fully saturated rings. The van der Waals surface area contributed by atoms with E-state index in [9.17, 15) is 14.7 Å². The van der Waals surface area contributed by atoms with Crippen LogP contribution in [0.1, 0.15) is 59.9 Å². The van der Waals surface area contributed by atoms with Gasteiger partial charge < -0.3 is 39.6 Å². The van der Waals surface area contributed by atoms with Gasteiger partial charge in [0, 0.05) is 51.5 Å². The SMILES string of the molecule is CC(C)[C@@H]1NC(=O)[C@@H](NC(=O)[C@@H](O)c2ccccc2)Cc2ccc3c(c2)[C@]24c5cccc(c5NC2O3)-c2cccc3[nH]cc(c23)-c2cnc(o2)-c2nc1oc24. The fourth-order valence-corrected chi connectivity index (χ4v) is 8.89. The van der Waals surface area contributed by atoms with Crippen LogP contribution in [0.15, 0.2) is 106 Å². The molecule has 2 amide bonds. The summed E-state index contributed by atoms with van der Waals surface area (Å²) in [6.45, 7) is 3.93. The van der Waals surface area contributed by atoms with Gasteiger partial charge in [-0.2, -0.15) is 0 Å². The predicted molar refractivity (Wildman–Crippen MR) is 202 cm³/mol. The lowest BCUT2D eigenvalue weighted by Crippen LogP contribution is -2.50. The molecule has 7 aromatic rings. The number of nitrogens with one attached hydrogen (secondary N) is 4. The van der Waals surface area contributed by atoms with Crippen molar-refractivity contribution < 1.29 is 28.3 Å². The second-order valence-corrected chi connectivity index (χ2v) is 15.0. The van der Waals surface area contributed by atoms with Gasteiger partial charge in [0.05, 0.1) is 6.20 Å². The molecule has 12 heteroatoms. The molecule has 10 bridgehead atoms. The van der Waals surface area contributed by atoms with Gasteiger partial charge in [-0.05, 0) is 34.7 Å². The first-order chi connectivity index (χ1) is 26.8. The summed E-state index contributed by atoms with van der Waals surface area (Å²) in [5, 5.41) is 21.7. The van der Waals surface area contributed by atoms with E-state index in [4.69, 9.17) is 23.5 Å². The summed E-state index contributed by atoms with van der Waals surface area (Å²) in [4.78, 5) is 41.2. The molecule has 1 spiro atoms. The number of H-pyrrole nitrogens is 1. The molecule has 0 saturated carbocycles. The van der Waals surface area contributed by atoms with Crippen LogP contribution in [0, 0.1) is 5.92 Å². The second-order valence-electron chi connectivity index (χ2n) is 15.0. The van der Waals surface area contributed by atoms with Crippen molar-refractivity contribution in [1.29, 1.82) is 0 Å². The number of aromatic amines is 1. The van der Waals surface area contributed by atoms with Crippen molar-refractivity contribution in [3.8, 4) is 39.8 Å². The van der Waals surface area contributed by atoms with Crippen LogP contribution in [0.3, 0.4) is 0 Å². The average molecular weight is 731 g/mol. The third kappa shape index (κ3) is 4.42. The molecule has 272 valence electrons. The van der Waals surface area contributed by atoms with Crippen molar-refractivity contribution in [2.24, 2.45) is 5.92 Å². The molecule has 5 N–H and O–H groups in total.